The molecule has 1 aromatic carbocycles. The quantitative estimate of drug-likeness (QED) is 0.365. The topological polar surface area (TPSA) is 86.2 Å². The van der Waals surface area contributed by atoms with E-state index in [1.165, 1.54) is 0 Å². The Bertz CT molecular complexity index is 1680. The molecular weight excluding hydrogens is 488 g/mol. The molecule has 188 valence electrons. The van der Waals surface area contributed by atoms with Gasteiger partial charge < -0.3 is 9.72 Å². The third-order valence-corrected chi connectivity index (χ3v) is 7.59. The molecule has 8 nitrogen and oxygen atoms in total. The molecule has 0 radical (unpaired) electrons. The SMILES string of the molecule is Cc1ncc(Cl)cc1C(=O)NC1CCC(Cn2c(=O)n(-c3ccc4nccn4c3)c3ccccc32)CC1. The van der Waals surface area contributed by atoms with Gasteiger partial charge in [-0.1, -0.05) is 23.7 Å². The Morgan fingerprint density at radius 1 is 1.08 bits per heavy atom. The van der Waals surface area contributed by atoms with E-state index in [0.29, 0.717) is 28.7 Å². The van der Waals surface area contributed by atoms with Gasteiger partial charge in [-0.15, -0.1) is 0 Å². The van der Waals surface area contributed by atoms with E-state index in [9.17, 15) is 9.59 Å². The second-order valence-electron chi connectivity index (χ2n) is 9.77. The number of benzene rings is 1. The molecule has 1 amide bonds. The van der Waals surface area contributed by atoms with Crippen LogP contribution in [-0.4, -0.2) is 35.5 Å². The van der Waals surface area contributed by atoms with Crippen LogP contribution in [0.4, 0.5) is 0 Å². The van der Waals surface area contributed by atoms with Crippen LogP contribution in [0.15, 0.2) is 72.0 Å². The summed E-state index contributed by atoms with van der Waals surface area (Å²) in [5, 5.41) is 3.60. The summed E-state index contributed by atoms with van der Waals surface area (Å²) in [7, 11) is 0. The molecule has 0 spiro atoms. The van der Waals surface area contributed by atoms with Crippen molar-refractivity contribution in [2.45, 2.75) is 45.2 Å². The van der Waals surface area contributed by atoms with Crippen molar-refractivity contribution in [2.24, 2.45) is 5.92 Å². The smallest absolute Gasteiger partial charge is 0.333 e. The maximum Gasteiger partial charge on any atom is 0.333 e. The van der Waals surface area contributed by atoms with Crippen molar-refractivity contribution in [1.29, 1.82) is 0 Å². The summed E-state index contributed by atoms with van der Waals surface area (Å²) in [6.07, 6.45) is 10.7. The van der Waals surface area contributed by atoms with E-state index >= 15 is 0 Å². The summed E-state index contributed by atoms with van der Waals surface area (Å²) < 4.78 is 5.60. The van der Waals surface area contributed by atoms with E-state index in [-0.39, 0.29) is 17.6 Å². The first kappa shape index (κ1) is 23.5. The number of hydrogen-bond donors (Lipinski definition) is 1. The van der Waals surface area contributed by atoms with Gasteiger partial charge in [0.2, 0.25) is 0 Å². The van der Waals surface area contributed by atoms with E-state index in [4.69, 9.17) is 11.6 Å². The average Bonchev–Trinajstić information content (AvgIpc) is 3.48. The standard InChI is InChI=1S/C28H27ClN6O2/c1-18-23(14-20(29)15-31-18)27(36)32-21-8-6-19(7-9-21)16-34-24-4-2-3-5-25(24)35(28(34)37)22-10-11-26-30-12-13-33(26)17-22/h2-5,10-15,17,19,21H,6-9,16H2,1H3,(H,32,36). The molecule has 0 unspecified atom stereocenters. The Kier molecular flexibility index (Phi) is 6.04. The van der Waals surface area contributed by atoms with Crippen LogP contribution in [0, 0.1) is 12.8 Å². The maximum absolute atomic E-state index is 13.7. The number of nitrogens with zero attached hydrogens (tertiary/aromatic N) is 5. The summed E-state index contributed by atoms with van der Waals surface area (Å²) in [4.78, 5) is 35.0. The fraction of sp³-hybridized carbons (Fsp3) is 0.286. The number of aromatic nitrogens is 5. The number of rotatable bonds is 5. The van der Waals surface area contributed by atoms with Gasteiger partial charge in [-0.25, -0.2) is 9.78 Å². The van der Waals surface area contributed by atoms with Crippen LogP contribution in [0.2, 0.25) is 5.02 Å². The summed E-state index contributed by atoms with van der Waals surface area (Å²) in [6, 6.07) is 13.6. The number of halogens is 1. The van der Waals surface area contributed by atoms with Gasteiger partial charge in [0, 0.05) is 37.4 Å². The Morgan fingerprint density at radius 3 is 2.68 bits per heavy atom. The summed E-state index contributed by atoms with van der Waals surface area (Å²) in [5.41, 5.74) is 4.60. The predicted molar refractivity (Wildman–Crippen MR) is 143 cm³/mol. The maximum atomic E-state index is 13.7. The molecule has 0 atom stereocenters. The molecular formula is C28H27ClN6O2. The summed E-state index contributed by atoms with van der Waals surface area (Å²) >= 11 is 6.04. The number of para-hydroxylation sites is 2. The highest BCUT2D eigenvalue weighted by atomic mass is 35.5. The second kappa shape index (κ2) is 9.52. The lowest BCUT2D eigenvalue weighted by molar-refractivity contribution is 0.0919. The average molecular weight is 515 g/mol. The van der Waals surface area contributed by atoms with Gasteiger partial charge in [0.05, 0.1) is 33.0 Å². The lowest BCUT2D eigenvalue weighted by atomic mass is 9.85. The molecule has 6 rings (SSSR count). The largest absolute Gasteiger partial charge is 0.349 e. The third-order valence-electron chi connectivity index (χ3n) is 7.39. The third kappa shape index (κ3) is 4.42. The molecule has 0 aliphatic heterocycles. The molecule has 1 aliphatic carbocycles. The monoisotopic (exact) mass is 514 g/mol. The Labute approximate surface area is 218 Å². The van der Waals surface area contributed by atoms with Crippen LogP contribution in [-0.2, 0) is 6.54 Å². The van der Waals surface area contributed by atoms with Gasteiger partial charge in [-0.3, -0.25) is 18.9 Å². The van der Waals surface area contributed by atoms with Crippen LogP contribution in [0.3, 0.4) is 0 Å². The number of pyridine rings is 2. The van der Waals surface area contributed by atoms with Gasteiger partial charge in [-0.2, -0.15) is 0 Å². The van der Waals surface area contributed by atoms with Crippen molar-refractivity contribution in [1.82, 2.24) is 28.8 Å². The van der Waals surface area contributed by atoms with Gasteiger partial charge in [0.1, 0.15) is 5.65 Å². The number of carbonyl (C=O) groups is 1. The number of amides is 1. The number of fused-ring (bicyclic) bond motifs is 2. The summed E-state index contributed by atoms with van der Waals surface area (Å²) in [5.74, 6) is 0.223. The molecule has 1 fully saturated rings. The van der Waals surface area contributed by atoms with E-state index in [2.05, 4.69) is 15.3 Å². The minimum Gasteiger partial charge on any atom is -0.349 e. The zero-order valence-corrected chi connectivity index (χ0v) is 21.2. The highest BCUT2D eigenvalue weighted by molar-refractivity contribution is 6.30. The lowest BCUT2D eigenvalue weighted by Crippen LogP contribution is -2.39. The number of nitrogens with one attached hydrogen (secondary N) is 1. The van der Waals surface area contributed by atoms with E-state index < -0.39 is 0 Å². The molecule has 4 aromatic heterocycles. The minimum atomic E-state index is -0.134. The van der Waals surface area contributed by atoms with Crippen molar-refractivity contribution in [3.8, 4) is 5.69 Å². The van der Waals surface area contributed by atoms with Crippen LogP contribution >= 0.6 is 11.6 Å². The summed E-state index contributed by atoms with van der Waals surface area (Å²) in [6.45, 7) is 2.46. The number of carbonyl (C=O) groups excluding carboxylic acids is 1. The van der Waals surface area contributed by atoms with E-state index in [1.807, 2.05) is 64.7 Å². The first-order valence-corrected chi connectivity index (χ1v) is 12.9. The second-order valence-corrected chi connectivity index (χ2v) is 10.2. The molecule has 5 aromatic rings. The van der Waals surface area contributed by atoms with Crippen molar-refractivity contribution in [2.75, 3.05) is 0 Å². The number of aryl methyl sites for hydroxylation is 1. The molecule has 1 aliphatic rings. The highest BCUT2D eigenvalue weighted by Crippen LogP contribution is 2.28. The molecule has 37 heavy (non-hydrogen) atoms. The molecule has 1 saturated carbocycles. The van der Waals surface area contributed by atoms with Crippen LogP contribution in [0.1, 0.15) is 41.7 Å². The molecule has 1 N–H and O–H groups in total. The zero-order chi connectivity index (χ0) is 25.5. The normalized spacial score (nSPS) is 17.9. The molecule has 4 heterocycles. The van der Waals surface area contributed by atoms with E-state index in [1.54, 1.807) is 23.0 Å². The molecule has 0 saturated heterocycles. The Balaban J connectivity index is 1.20. The van der Waals surface area contributed by atoms with Crippen LogP contribution in [0.5, 0.6) is 0 Å². The fourth-order valence-electron chi connectivity index (χ4n) is 5.42. The van der Waals surface area contributed by atoms with Gasteiger partial charge in [0.15, 0.2) is 0 Å². The predicted octanol–water partition coefficient (Wildman–Crippen LogP) is 4.79. The van der Waals surface area contributed by atoms with E-state index in [0.717, 1.165) is 48.1 Å². The number of hydrogen-bond acceptors (Lipinski definition) is 4. The van der Waals surface area contributed by atoms with Crippen LogP contribution < -0.4 is 11.0 Å². The van der Waals surface area contributed by atoms with Gasteiger partial charge in [-0.05, 0) is 68.9 Å². The Morgan fingerprint density at radius 2 is 1.86 bits per heavy atom. The fourth-order valence-corrected chi connectivity index (χ4v) is 5.58. The lowest BCUT2D eigenvalue weighted by Gasteiger charge is -2.29. The zero-order valence-electron chi connectivity index (χ0n) is 20.5. The highest BCUT2D eigenvalue weighted by Gasteiger charge is 2.25. The van der Waals surface area contributed by atoms with Gasteiger partial charge in [0.25, 0.3) is 5.91 Å². The van der Waals surface area contributed by atoms with Crippen molar-refractivity contribution in [3.05, 3.63) is 94.0 Å². The van der Waals surface area contributed by atoms with Gasteiger partial charge >= 0.3 is 5.69 Å². The van der Waals surface area contributed by atoms with Crippen LogP contribution in [0.25, 0.3) is 22.4 Å². The first-order valence-electron chi connectivity index (χ1n) is 12.5. The van der Waals surface area contributed by atoms with Crippen molar-refractivity contribution in [3.63, 3.8) is 0 Å². The van der Waals surface area contributed by atoms with Crippen molar-refractivity contribution < 1.29 is 4.79 Å². The van der Waals surface area contributed by atoms with Crippen molar-refractivity contribution >= 4 is 34.2 Å². The molecule has 0 bridgehead atoms. The number of imidazole rings is 2. The Hall–Kier alpha value is -3.91. The minimum absolute atomic E-state index is 0.0416. The first-order chi connectivity index (χ1) is 18.0. The molecule has 9 heteroatoms.